The van der Waals surface area contributed by atoms with Crippen LogP contribution in [-0.2, 0) is 10.0 Å². The van der Waals surface area contributed by atoms with Crippen molar-refractivity contribution >= 4 is 33.3 Å². The SMILES string of the molecule is CC(=O)c1cnc(Nc2ccc(C3CCN(S(C)(=O)=O)CC3)cc2)nc1NC1CC1. The zero-order chi connectivity index (χ0) is 21.3. The summed E-state index contributed by atoms with van der Waals surface area (Å²) >= 11 is 0. The van der Waals surface area contributed by atoms with E-state index < -0.39 is 10.0 Å². The molecule has 1 aromatic heterocycles. The van der Waals surface area contributed by atoms with E-state index >= 15 is 0 Å². The van der Waals surface area contributed by atoms with Crippen molar-refractivity contribution in [3.63, 3.8) is 0 Å². The molecule has 4 rings (SSSR count). The monoisotopic (exact) mass is 429 g/mol. The molecule has 1 saturated heterocycles. The van der Waals surface area contributed by atoms with Crippen LogP contribution >= 0.6 is 0 Å². The maximum Gasteiger partial charge on any atom is 0.229 e. The number of ketones is 1. The Balaban J connectivity index is 1.42. The highest BCUT2D eigenvalue weighted by Crippen LogP contribution is 2.30. The van der Waals surface area contributed by atoms with E-state index in [4.69, 9.17) is 0 Å². The molecule has 0 spiro atoms. The maximum atomic E-state index is 11.8. The molecule has 1 aliphatic carbocycles. The number of carbonyl (C=O) groups excluding carboxylic acids is 1. The summed E-state index contributed by atoms with van der Waals surface area (Å²) in [5.74, 6) is 1.32. The second kappa shape index (κ2) is 8.31. The Morgan fingerprint density at radius 1 is 1.10 bits per heavy atom. The standard InChI is InChI=1S/C21H27N5O3S/c1-14(27)19-13-22-21(25-20(19)23-17-7-8-17)24-18-5-3-15(4-6-18)16-9-11-26(12-10-16)30(2,28)29/h3-6,13,16-17H,7-12H2,1-2H3,(H2,22,23,24,25). The normalized spacial score (nSPS) is 18.2. The predicted molar refractivity (Wildman–Crippen MR) is 117 cm³/mol. The minimum absolute atomic E-state index is 0.0593. The van der Waals surface area contributed by atoms with Gasteiger partial charge in [-0.25, -0.2) is 17.7 Å². The van der Waals surface area contributed by atoms with Crippen LogP contribution in [-0.4, -0.2) is 53.9 Å². The van der Waals surface area contributed by atoms with Crippen molar-refractivity contribution in [1.29, 1.82) is 0 Å². The highest BCUT2D eigenvalue weighted by molar-refractivity contribution is 7.88. The Hall–Kier alpha value is -2.52. The van der Waals surface area contributed by atoms with Gasteiger partial charge in [-0.3, -0.25) is 4.79 Å². The lowest BCUT2D eigenvalue weighted by Gasteiger charge is -2.30. The number of sulfonamides is 1. The molecule has 0 bridgehead atoms. The van der Waals surface area contributed by atoms with Gasteiger partial charge in [0, 0.05) is 31.0 Å². The van der Waals surface area contributed by atoms with Gasteiger partial charge in [0.15, 0.2) is 5.78 Å². The predicted octanol–water partition coefficient (Wildman–Crippen LogP) is 3.14. The zero-order valence-corrected chi connectivity index (χ0v) is 18.1. The van der Waals surface area contributed by atoms with Gasteiger partial charge in [-0.1, -0.05) is 12.1 Å². The molecule has 0 radical (unpaired) electrons. The molecule has 160 valence electrons. The van der Waals surface area contributed by atoms with E-state index in [1.54, 1.807) is 10.5 Å². The molecule has 2 N–H and O–H groups in total. The molecule has 2 fully saturated rings. The Morgan fingerprint density at radius 2 is 1.77 bits per heavy atom. The Kier molecular flexibility index (Phi) is 5.75. The van der Waals surface area contributed by atoms with Crippen molar-refractivity contribution in [3.8, 4) is 0 Å². The van der Waals surface area contributed by atoms with Gasteiger partial charge in [0.1, 0.15) is 5.82 Å². The first-order chi connectivity index (χ1) is 14.3. The Labute approximate surface area is 177 Å². The van der Waals surface area contributed by atoms with Crippen LogP contribution < -0.4 is 10.6 Å². The summed E-state index contributed by atoms with van der Waals surface area (Å²) in [5, 5.41) is 6.50. The van der Waals surface area contributed by atoms with Crippen LogP contribution in [0.25, 0.3) is 0 Å². The molecule has 2 aliphatic rings. The second-order valence-corrected chi connectivity index (χ2v) is 10.1. The lowest BCUT2D eigenvalue weighted by atomic mass is 9.90. The molecule has 8 nitrogen and oxygen atoms in total. The van der Waals surface area contributed by atoms with Crippen LogP contribution in [0.5, 0.6) is 0 Å². The molecule has 9 heteroatoms. The topological polar surface area (TPSA) is 104 Å². The number of nitrogens with one attached hydrogen (secondary N) is 2. The van der Waals surface area contributed by atoms with Crippen LogP contribution in [0.4, 0.5) is 17.5 Å². The van der Waals surface area contributed by atoms with Gasteiger partial charge in [-0.15, -0.1) is 0 Å². The third-order valence-electron chi connectivity index (χ3n) is 5.65. The summed E-state index contributed by atoms with van der Waals surface area (Å²) in [6, 6.07) is 8.48. The van der Waals surface area contributed by atoms with Gasteiger partial charge in [-0.05, 0) is 56.2 Å². The van der Waals surface area contributed by atoms with Crippen LogP contribution in [0.2, 0.25) is 0 Å². The highest BCUT2D eigenvalue weighted by Gasteiger charge is 2.26. The van der Waals surface area contributed by atoms with E-state index in [0.717, 1.165) is 31.4 Å². The minimum atomic E-state index is -3.11. The fourth-order valence-corrected chi connectivity index (χ4v) is 4.59. The molecule has 0 atom stereocenters. The molecule has 30 heavy (non-hydrogen) atoms. The van der Waals surface area contributed by atoms with Crippen molar-refractivity contribution < 1.29 is 13.2 Å². The number of anilines is 3. The Bertz CT molecular complexity index is 1030. The number of nitrogens with zero attached hydrogens (tertiary/aromatic N) is 3. The van der Waals surface area contributed by atoms with Crippen LogP contribution in [0.15, 0.2) is 30.5 Å². The fourth-order valence-electron chi connectivity index (χ4n) is 3.72. The van der Waals surface area contributed by atoms with Crippen LogP contribution in [0.3, 0.4) is 0 Å². The van der Waals surface area contributed by atoms with Crippen molar-refractivity contribution in [1.82, 2.24) is 14.3 Å². The number of benzene rings is 1. The summed E-state index contributed by atoms with van der Waals surface area (Å²) < 4.78 is 24.9. The largest absolute Gasteiger partial charge is 0.367 e. The summed E-state index contributed by atoms with van der Waals surface area (Å²) in [5.41, 5.74) is 2.57. The number of Topliss-reactive ketones (excluding diaryl/α,β-unsaturated/α-hetero) is 1. The third kappa shape index (κ3) is 4.96. The average Bonchev–Trinajstić information content (AvgIpc) is 3.52. The lowest BCUT2D eigenvalue weighted by molar-refractivity contribution is 0.101. The van der Waals surface area contributed by atoms with Gasteiger partial charge in [0.25, 0.3) is 0 Å². The first-order valence-electron chi connectivity index (χ1n) is 10.3. The van der Waals surface area contributed by atoms with Gasteiger partial charge in [0.2, 0.25) is 16.0 Å². The van der Waals surface area contributed by atoms with Crippen molar-refractivity contribution in [3.05, 3.63) is 41.6 Å². The second-order valence-electron chi connectivity index (χ2n) is 8.11. The zero-order valence-electron chi connectivity index (χ0n) is 17.3. The van der Waals surface area contributed by atoms with Crippen molar-refractivity contribution in [2.75, 3.05) is 30.0 Å². The van der Waals surface area contributed by atoms with E-state index in [1.807, 2.05) is 12.1 Å². The smallest absolute Gasteiger partial charge is 0.229 e. The molecule has 2 aromatic rings. The molecule has 2 heterocycles. The number of hydrogen-bond acceptors (Lipinski definition) is 7. The third-order valence-corrected chi connectivity index (χ3v) is 6.95. The number of hydrogen-bond donors (Lipinski definition) is 2. The fraction of sp³-hybridized carbons (Fsp3) is 0.476. The van der Waals surface area contributed by atoms with Crippen molar-refractivity contribution in [2.24, 2.45) is 0 Å². The summed E-state index contributed by atoms with van der Waals surface area (Å²) in [7, 11) is -3.11. The number of carbonyl (C=O) groups is 1. The molecular formula is C21H27N5O3S. The number of piperidine rings is 1. The van der Waals surface area contributed by atoms with Gasteiger partial charge in [-0.2, -0.15) is 4.98 Å². The highest BCUT2D eigenvalue weighted by atomic mass is 32.2. The summed E-state index contributed by atoms with van der Waals surface area (Å²) in [6.45, 7) is 2.65. The maximum absolute atomic E-state index is 11.8. The molecular weight excluding hydrogens is 402 g/mol. The van der Waals surface area contributed by atoms with Gasteiger partial charge < -0.3 is 10.6 Å². The molecule has 1 aromatic carbocycles. The first kappa shape index (κ1) is 20.7. The minimum Gasteiger partial charge on any atom is -0.367 e. The number of rotatable bonds is 7. The van der Waals surface area contributed by atoms with Gasteiger partial charge >= 0.3 is 0 Å². The van der Waals surface area contributed by atoms with E-state index in [9.17, 15) is 13.2 Å². The molecule has 0 amide bonds. The van der Waals surface area contributed by atoms with Crippen LogP contribution in [0, 0.1) is 0 Å². The quantitative estimate of drug-likeness (QED) is 0.652. The average molecular weight is 430 g/mol. The lowest BCUT2D eigenvalue weighted by Crippen LogP contribution is -2.37. The van der Waals surface area contributed by atoms with Crippen molar-refractivity contribution in [2.45, 2.75) is 44.6 Å². The summed E-state index contributed by atoms with van der Waals surface area (Å²) in [6.07, 6.45) is 6.66. The summed E-state index contributed by atoms with van der Waals surface area (Å²) in [4.78, 5) is 20.6. The van der Waals surface area contributed by atoms with Crippen LogP contribution in [0.1, 0.15) is 54.4 Å². The van der Waals surface area contributed by atoms with E-state index in [2.05, 4.69) is 32.7 Å². The molecule has 0 unspecified atom stereocenters. The van der Waals surface area contributed by atoms with E-state index in [1.165, 1.54) is 18.7 Å². The molecule has 1 saturated carbocycles. The van der Waals surface area contributed by atoms with Gasteiger partial charge in [0.05, 0.1) is 11.8 Å². The number of aromatic nitrogens is 2. The van der Waals surface area contributed by atoms with E-state index in [-0.39, 0.29) is 5.78 Å². The Morgan fingerprint density at radius 3 is 2.33 bits per heavy atom. The van der Waals surface area contributed by atoms with E-state index in [0.29, 0.717) is 42.4 Å². The first-order valence-corrected chi connectivity index (χ1v) is 12.1. The molecule has 1 aliphatic heterocycles.